The summed E-state index contributed by atoms with van der Waals surface area (Å²) in [5.74, 6) is -0.137. The molecule has 0 aromatic heterocycles. The van der Waals surface area contributed by atoms with Gasteiger partial charge in [-0.3, -0.25) is 14.6 Å². The van der Waals surface area contributed by atoms with Gasteiger partial charge in [0.2, 0.25) is 0 Å². The molecule has 2 rings (SSSR count). The van der Waals surface area contributed by atoms with Crippen LogP contribution in [-0.2, 0) is 9.53 Å². The van der Waals surface area contributed by atoms with Crippen LogP contribution in [0.25, 0.3) is 0 Å². The standard InChI is InChI=1S/C14H26N2O2/c1-10(14(17)18-4)11(2)16-8-7-12-5-6-13(9-16)15(12)3/h10-13H,5-9H2,1-4H3. The average Bonchev–Trinajstić information content (AvgIpc) is 2.60. The highest BCUT2D eigenvalue weighted by Crippen LogP contribution is 2.30. The maximum atomic E-state index is 11.6. The van der Waals surface area contributed by atoms with E-state index >= 15 is 0 Å². The van der Waals surface area contributed by atoms with E-state index in [0.29, 0.717) is 6.04 Å². The molecule has 0 saturated carbocycles. The number of ether oxygens (including phenoxy) is 1. The summed E-state index contributed by atoms with van der Waals surface area (Å²) >= 11 is 0. The maximum absolute atomic E-state index is 11.6. The van der Waals surface area contributed by atoms with Crippen molar-refractivity contribution < 1.29 is 9.53 Å². The minimum absolute atomic E-state index is 0.0445. The van der Waals surface area contributed by atoms with E-state index in [-0.39, 0.29) is 17.9 Å². The van der Waals surface area contributed by atoms with E-state index in [9.17, 15) is 4.79 Å². The molecule has 4 unspecified atom stereocenters. The van der Waals surface area contributed by atoms with Crippen molar-refractivity contribution >= 4 is 5.97 Å². The van der Waals surface area contributed by atoms with Crippen molar-refractivity contribution in [3.8, 4) is 0 Å². The highest BCUT2D eigenvalue weighted by atomic mass is 16.5. The number of esters is 1. The van der Waals surface area contributed by atoms with Gasteiger partial charge < -0.3 is 4.74 Å². The minimum atomic E-state index is -0.0924. The van der Waals surface area contributed by atoms with Crippen LogP contribution in [0.2, 0.25) is 0 Å². The lowest BCUT2D eigenvalue weighted by Gasteiger charge is -2.33. The number of carbonyl (C=O) groups is 1. The van der Waals surface area contributed by atoms with Gasteiger partial charge in [0, 0.05) is 24.7 Å². The number of fused-ring (bicyclic) bond motifs is 2. The van der Waals surface area contributed by atoms with Gasteiger partial charge >= 0.3 is 5.97 Å². The Hall–Kier alpha value is -0.610. The molecule has 0 aromatic carbocycles. The molecular weight excluding hydrogens is 228 g/mol. The topological polar surface area (TPSA) is 32.8 Å². The molecule has 2 aliphatic heterocycles. The zero-order valence-electron chi connectivity index (χ0n) is 12.1. The van der Waals surface area contributed by atoms with Gasteiger partial charge in [-0.25, -0.2) is 0 Å². The molecule has 2 aliphatic rings. The third-order valence-corrected chi connectivity index (χ3v) is 5.05. The molecule has 2 saturated heterocycles. The van der Waals surface area contributed by atoms with E-state index < -0.39 is 0 Å². The SMILES string of the molecule is COC(=O)C(C)C(C)N1CCC2CCC(C1)N2C. The van der Waals surface area contributed by atoms with Crippen LogP contribution in [0.1, 0.15) is 33.1 Å². The molecular formula is C14H26N2O2. The molecule has 18 heavy (non-hydrogen) atoms. The van der Waals surface area contributed by atoms with Crippen LogP contribution in [0.3, 0.4) is 0 Å². The fourth-order valence-electron chi connectivity index (χ4n) is 3.40. The molecule has 0 aliphatic carbocycles. The summed E-state index contributed by atoms with van der Waals surface area (Å²) in [6.45, 7) is 6.33. The zero-order chi connectivity index (χ0) is 13.3. The Kier molecular flexibility index (Phi) is 4.28. The molecule has 0 spiro atoms. The van der Waals surface area contributed by atoms with E-state index in [4.69, 9.17) is 4.74 Å². The number of methoxy groups -OCH3 is 1. The quantitative estimate of drug-likeness (QED) is 0.712. The van der Waals surface area contributed by atoms with Gasteiger partial charge in [0.25, 0.3) is 0 Å². The van der Waals surface area contributed by atoms with Crippen molar-refractivity contribution in [3.63, 3.8) is 0 Å². The number of likely N-dealkylation sites (tertiary alicyclic amines) is 1. The van der Waals surface area contributed by atoms with E-state index in [1.807, 2.05) is 6.92 Å². The van der Waals surface area contributed by atoms with Crippen molar-refractivity contribution in [2.45, 2.75) is 51.2 Å². The minimum Gasteiger partial charge on any atom is -0.469 e. The Morgan fingerprint density at radius 1 is 1.22 bits per heavy atom. The monoisotopic (exact) mass is 254 g/mol. The predicted molar refractivity (Wildman–Crippen MR) is 71.4 cm³/mol. The zero-order valence-corrected chi connectivity index (χ0v) is 12.1. The highest BCUT2D eigenvalue weighted by Gasteiger charge is 2.37. The number of hydrogen-bond donors (Lipinski definition) is 0. The molecule has 2 heterocycles. The summed E-state index contributed by atoms with van der Waals surface area (Å²) < 4.78 is 4.86. The smallest absolute Gasteiger partial charge is 0.309 e. The van der Waals surface area contributed by atoms with Gasteiger partial charge in [0.1, 0.15) is 0 Å². The van der Waals surface area contributed by atoms with Crippen LogP contribution in [0.15, 0.2) is 0 Å². The first-order valence-electron chi connectivity index (χ1n) is 7.08. The van der Waals surface area contributed by atoms with Crippen molar-refractivity contribution in [2.24, 2.45) is 5.92 Å². The summed E-state index contributed by atoms with van der Waals surface area (Å²) in [4.78, 5) is 16.7. The average molecular weight is 254 g/mol. The van der Waals surface area contributed by atoms with Gasteiger partial charge in [-0.1, -0.05) is 6.92 Å². The highest BCUT2D eigenvalue weighted by molar-refractivity contribution is 5.72. The lowest BCUT2D eigenvalue weighted by atomic mass is 9.99. The van der Waals surface area contributed by atoms with E-state index in [1.165, 1.54) is 26.4 Å². The third-order valence-electron chi connectivity index (χ3n) is 5.05. The number of hydrogen-bond acceptors (Lipinski definition) is 4. The van der Waals surface area contributed by atoms with E-state index in [0.717, 1.165) is 19.1 Å². The van der Waals surface area contributed by atoms with Crippen LogP contribution in [0.4, 0.5) is 0 Å². The fraction of sp³-hybridized carbons (Fsp3) is 0.929. The molecule has 0 radical (unpaired) electrons. The first-order valence-corrected chi connectivity index (χ1v) is 7.08. The van der Waals surface area contributed by atoms with Gasteiger partial charge in [0.15, 0.2) is 0 Å². The molecule has 4 heteroatoms. The van der Waals surface area contributed by atoms with E-state index in [2.05, 4.69) is 23.8 Å². The Bertz CT molecular complexity index is 308. The van der Waals surface area contributed by atoms with Crippen molar-refractivity contribution in [1.29, 1.82) is 0 Å². The summed E-state index contributed by atoms with van der Waals surface area (Å²) in [7, 11) is 3.73. The predicted octanol–water partition coefficient (Wildman–Crippen LogP) is 1.35. The lowest BCUT2D eigenvalue weighted by Crippen LogP contribution is -2.45. The summed E-state index contributed by atoms with van der Waals surface area (Å²) in [5.41, 5.74) is 0. The number of nitrogens with zero attached hydrogens (tertiary/aromatic N) is 2. The normalized spacial score (nSPS) is 32.9. The Balaban J connectivity index is 1.99. The van der Waals surface area contributed by atoms with Gasteiger partial charge in [-0.2, -0.15) is 0 Å². The molecule has 2 fully saturated rings. The Labute approximate surface area is 110 Å². The van der Waals surface area contributed by atoms with Gasteiger partial charge in [0.05, 0.1) is 13.0 Å². The molecule has 4 atom stereocenters. The Morgan fingerprint density at radius 2 is 1.89 bits per heavy atom. The van der Waals surface area contributed by atoms with Crippen LogP contribution in [-0.4, -0.2) is 61.1 Å². The first kappa shape index (κ1) is 13.8. The molecule has 0 amide bonds. The van der Waals surface area contributed by atoms with Crippen LogP contribution in [0, 0.1) is 5.92 Å². The largest absolute Gasteiger partial charge is 0.469 e. The van der Waals surface area contributed by atoms with Crippen molar-refractivity contribution in [1.82, 2.24) is 9.80 Å². The summed E-state index contributed by atoms with van der Waals surface area (Å²) in [6, 6.07) is 1.69. The first-order chi connectivity index (χ1) is 8.54. The molecule has 0 N–H and O–H groups in total. The summed E-state index contributed by atoms with van der Waals surface area (Å²) in [5, 5.41) is 0. The molecule has 104 valence electrons. The van der Waals surface area contributed by atoms with Gasteiger partial charge in [-0.15, -0.1) is 0 Å². The maximum Gasteiger partial charge on any atom is 0.309 e. The van der Waals surface area contributed by atoms with Crippen molar-refractivity contribution in [2.75, 3.05) is 27.2 Å². The summed E-state index contributed by atoms with van der Waals surface area (Å²) in [6.07, 6.45) is 3.87. The second-order valence-electron chi connectivity index (χ2n) is 5.89. The number of likely N-dealkylation sites (N-methyl/N-ethyl adjacent to an activating group) is 1. The van der Waals surface area contributed by atoms with Crippen LogP contribution in [0.5, 0.6) is 0 Å². The van der Waals surface area contributed by atoms with Crippen LogP contribution < -0.4 is 0 Å². The van der Waals surface area contributed by atoms with Crippen molar-refractivity contribution in [3.05, 3.63) is 0 Å². The third kappa shape index (κ3) is 2.54. The molecule has 2 bridgehead atoms. The second-order valence-corrected chi connectivity index (χ2v) is 5.89. The molecule has 4 nitrogen and oxygen atoms in total. The van der Waals surface area contributed by atoms with Gasteiger partial charge in [-0.05, 0) is 39.8 Å². The van der Waals surface area contributed by atoms with E-state index in [1.54, 1.807) is 0 Å². The fourth-order valence-corrected chi connectivity index (χ4v) is 3.40. The molecule has 0 aromatic rings. The lowest BCUT2D eigenvalue weighted by molar-refractivity contribution is -0.147. The number of rotatable bonds is 3. The second kappa shape index (κ2) is 5.57. The number of carbonyl (C=O) groups excluding carboxylic acids is 1. The Morgan fingerprint density at radius 3 is 2.56 bits per heavy atom. The van der Waals surface area contributed by atoms with Crippen LogP contribution >= 0.6 is 0 Å².